The van der Waals surface area contributed by atoms with E-state index in [1.807, 2.05) is 0 Å². The van der Waals surface area contributed by atoms with Crippen LogP contribution < -0.4 is 4.74 Å². The first-order chi connectivity index (χ1) is 12.9. The number of methoxy groups -OCH3 is 1. The van der Waals surface area contributed by atoms with Gasteiger partial charge in [-0.2, -0.15) is 0 Å². The molecule has 4 rings (SSSR count). The first kappa shape index (κ1) is 16.6. The number of carbonyl (C=O) groups excluding carboxylic acids is 2. The lowest BCUT2D eigenvalue weighted by atomic mass is 9.80. The van der Waals surface area contributed by atoms with Gasteiger partial charge in [0.05, 0.1) is 29.2 Å². The molecule has 0 radical (unpaired) electrons. The van der Waals surface area contributed by atoms with Gasteiger partial charge >= 0.3 is 5.97 Å². The van der Waals surface area contributed by atoms with Gasteiger partial charge in [-0.25, -0.2) is 4.79 Å². The molecule has 3 N–H and O–H groups in total. The standard InChI is InChI=1S/C20H12O7/c1-27-12-4-2-3-10-13(12)19(24)15-14(17(10)22)18(23)11-7-8(20(25)26)5-6-9(11)16(15)21/h2-7,22,24H,1H3,(H,25,26). The van der Waals surface area contributed by atoms with Gasteiger partial charge in [0, 0.05) is 16.5 Å². The molecule has 0 amide bonds. The number of aromatic carboxylic acids is 1. The number of fused-ring (bicyclic) bond motifs is 3. The number of ketones is 2. The van der Waals surface area contributed by atoms with Crippen LogP contribution in [0.15, 0.2) is 36.4 Å². The van der Waals surface area contributed by atoms with Gasteiger partial charge in [0.1, 0.15) is 17.2 Å². The summed E-state index contributed by atoms with van der Waals surface area (Å²) < 4.78 is 5.20. The highest BCUT2D eigenvalue weighted by Gasteiger charge is 2.37. The number of hydrogen-bond acceptors (Lipinski definition) is 6. The third-order valence-electron chi connectivity index (χ3n) is 4.67. The van der Waals surface area contributed by atoms with Crippen LogP contribution in [0.2, 0.25) is 0 Å². The van der Waals surface area contributed by atoms with Crippen LogP contribution in [0.25, 0.3) is 10.8 Å². The van der Waals surface area contributed by atoms with E-state index in [9.17, 15) is 24.6 Å². The van der Waals surface area contributed by atoms with Crippen molar-refractivity contribution in [1.29, 1.82) is 0 Å². The molecule has 0 saturated carbocycles. The molecule has 0 bridgehead atoms. The van der Waals surface area contributed by atoms with Gasteiger partial charge in [-0.15, -0.1) is 0 Å². The number of hydrogen-bond donors (Lipinski definition) is 3. The zero-order valence-electron chi connectivity index (χ0n) is 13.9. The molecule has 0 saturated heterocycles. The molecule has 1 aliphatic carbocycles. The number of phenols is 2. The fourth-order valence-corrected chi connectivity index (χ4v) is 3.41. The minimum absolute atomic E-state index is 0.0403. The summed E-state index contributed by atoms with van der Waals surface area (Å²) in [4.78, 5) is 37.1. The van der Waals surface area contributed by atoms with E-state index in [1.165, 1.54) is 25.3 Å². The van der Waals surface area contributed by atoms with E-state index >= 15 is 0 Å². The topological polar surface area (TPSA) is 121 Å². The van der Waals surface area contributed by atoms with Crippen LogP contribution in [-0.2, 0) is 0 Å². The number of carbonyl (C=O) groups is 3. The third-order valence-corrected chi connectivity index (χ3v) is 4.67. The molecule has 7 nitrogen and oxygen atoms in total. The molecule has 0 fully saturated rings. The highest BCUT2D eigenvalue weighted by Crippen LogP contribution is 2.47. The van der Waals surface area contributed by atoms with E-state index in [4.69, 9.17) is 9.84 Å². The molecule has 0 atom stereocenters. The minimum atomic E-state index is -1.25. The minimum Gasteiger partial charge on any atom is -0.506 e. The molecule has 0 aromatic heterocycles. The van der Waals surface area contributed by atoms with E-state index in [2.05, 4.69) is 0 Å². The van der Waals surface area contributed by atoms with E-state index in [1.54, 1.807) is 12.1 Å². The van der Waals surface area contributed by atoms with Crippen molar-refractivity contribution in [3.05, 3.63) is 64.2 Å². The fraction of sp³-hybridized carbons (Fsp3) is 0.0500. The van der Waals surface area contributed by atoms with E-state index in [0.717, 1.165) is 6.07 Å². The van der Waals surface area contributed by atoms with Gasteiger partial charge in [-0.05, 0) is 24.3 Å². The molecule has 7 heteroatoms. The molecule has 0 spiro atoms. The summed E-state index contributed by atoms with van der Waals surface area (Å²) in [6.45, 7) is 0. The normalized spacial score (nSPS) is 12.6. The van der Waals surface area contributed by atoms with Crippen LogP contribution in [0.4, 0.5) is 0 Å². The highest BCUT2D eigenvalue weighted by atomic mass is 16.5. The number of carboxylic acid groups (broad SMARTS) is 1. The monoisotopic (exact) mass is 364 g/mol. The maximum absolute atomic E-state index is 13.0. The third kappa shape index (κ3) is 2.11. The summed E-state index contributed by atoms with van der Waals surface area (Å²) in [5.41, 5.74) is -1.02. The quantitative estimate of drug-likeness (QED) is 0.468. The molecule has 0 heterocycles. The fourth-order valence-electron chi connectivity index (χ4n) is 3.41. The SMILES string of the molecule is COc1cccc2c(O)c3c(c(O)c12)C(=O)c1ccc(C(=O)O)cc1C3=O. The summed E-state index contributed by atoms with van der Waals surface area (Å²) in [7, 11) is 1.38. The van der Waals surface area contributed by atoms with E-state index < -0.39 is 29.0 Å². The van der Waals surface area contributed by atoms with Crippen molar-refractivity contribution >= 4 is 28.3 Å². The first-order valence-corrected chi connectivity index (χ1v) is 7.88. The first-order valence-electron chi connectivity index (χ1n) is 7.88. The van der Waals surface area contributed by atoms with Crippen LogP contribution in [0.1, 0.15) is 42.2 Å². The van der Waals surface area contributed by atoms with Gasteiger partial charge in [-0.1, -0.05) is 12.1 Å². The zero-order chi connectivity index (χ0) is 19.5. The Morgan fingerprint density at radius 2 is 1.59 bits per heavy atom. The molecule has 27 heavy (non-hydrogen) atoms. The average molecular weight is 364 g/mol. The van der Waals surface area contributed by atoms with E-state index in [-0.39, 0.29) is 44.3 Å². The Morgan fingerprint density at radius 3 is 2.26 bits per heavy atom. The Kier molecular flexibility index (Phi) is 3.42. The van der Waals surface area contributed by atoms with Crippen molar-refractivity contribution in [2.75, 3.05) is 7.11 Å². The largest absolute Gasteiger partial charge is 0.506 e. The summed E-state index contributed by atoms with van der Waals surface area (Å²) in [6, 6.07) is 8.12. The van der Waals surface area contributed by atoms with Crippen molar-refractivity contribution in [1.82, 2.24) is 0 Å². The van der Waals surface area contributed by atoms with Gasteiger partial charge in [0.2, 0.25) is 0 Å². The predicted octanol–water partition coefficient (Wildman–Crippen LogP) is 2.73. The molecule has 3 aromatic carbocycles. The second-order valence-electron chi connectivity index (χ2n) is 6.05. The molecule has 3 aromatic rings. The van der Waals surface area contributed by atoms with Gasteiger partial charge in [0.25, 0.3) is 0 Å². The number of rotatable bonds is 2. The Morgan fingerprint density at radius 1 is 0.926 bits per heavy atom. The lowest BCUT2D eigenvalue weighted by Gasteiger charge is -2.22. The second kappa shape index (κ2) is 5.57. The molecule has 0 unspecified atom stereocenters. The summed E-state index contributed by atoms with van der Waals surface area (Å²) in [6.07, 6.45) is 0. The van der Waals surface area contributed by atoms with Crippen molar-refractivity contribution in [2.45, 2.75) is 0 Å². The van der Waals surface area contributed by atoms with Crippen LogP contribution in [0, 0.1) is 0 Å². The Balaban J connectivity index is 2.11. The van der Waals surface area contributed by atoms with Crippen molar-refractivity contribution in [3.63, 3.8) is 0 Å². The van der Waals surface area contributed by atoms with Gasteiger partial charge in [0.15, 0.2) is 11.6 Å². The number of aromatic hydroxyl groups is 2. The lowest BCUT2D eigenvalue weighted by molar-refractivity contribution is 0.0696. The van der Waals surface area contributed by atoms with Crippen molar-refractivity contribution < 1.29 is 34.4 Å². The van der Waals surface area contributed by atoms with Crippen LogP contribution in [0.5, 0.6) is 17.2 Å². The summed E-state index contributed by atoms with van der Waals surface area (Å²) in [5, 5.41) is 30.8. The van der Waals surface area contributed by atoms with Gasteiger partial charge in [-0.3, -0.25) is 9.59 Å². The Bertz CT molecular complexity index is 1190. The number of carboxylic acids is 1. The van der Waals surface area contributed by atoms with Crippen LogP contribution >= 0.6 is 0 Å². The average Bonchev–Trinajstić information content (AvgIpc) is 2.67. The van der Waals surface area contributed by atoms with Crippen LogP contribution in [0.3, 0.4) is 0 Å². The predicted molar refractivity (Wildman–Crippen MR) is 94.1 cm³/mol. The van der Waals surface area contributed by atoms with E-state index in [0.29, 0.717) is 0 Å². The molecular weight excluding hydrogens is 352 g/mol. The van der Waals surface area contributed by atoms with Crippen LogP contribution in [-0.4, -0.2) is 40.0 Å². The molecular formula is C20H12O7. The Labute approximate surface area is 152 Å². The summed E-state index contributed by atoms with van der Waals surface area (Å²) in [5.74, 6) is -3.38. The second-order valence-corrected chi connectivity index (χ2v) is 6.05. The number of phenolic OH excluding ortho intramolecular Hbond substituents is 2. The van der Waals surface area contributed by atoms with Crippen molar-refractivity contribution in [3.8, 4) is 17.2 Å². The Hall–Kier alpha value is -3.87. The smallest absolute Gasteiger partial charge is 0.335 e. The lowest BCUT2D eigenvalue weighted by Crippen LogP contribution is -2.22. The highest BCUT2D eigenvalue weighted by molar-refractivity contribution is 6.33. The molecule has 1 aliphatic rings. The molecule has 134 valence electrons. The summed E-state index contributed by atoms with van der Waals surface area (Å²) >= 11 is 0. The zero-order valence-corrected chi connectivity index (χ0v) is 13.9. The van der Waals surface area contributed by atoms with Gasteiger partial charge < -0.3 is 20.1 Å². The number of ether oxygens (including phenoxy) is 1. The maximum atomic E-state index is 13.0. The van der Waals surface area contributed by atoms with Crippen molar-refractivity contribution in [2.24, 2.45) is 0 Å². The number of benzene rings is 3. The maximum Gasteiger partial charge on any atom is 0.335 e. The molecule has 0 aliphatic heterocycles.